The fourth-order valence-electron chi connectivity index (χ4n) is 2.76. The second kappa shape index (κ2) is 8.41. The molecule has 1 heterocycles. The van der Waals surface area contributed by atoms with E-state index in [0.717, 1.165) is 38.4 Å². The van der Waals surface area contributed by atoms with Crippen LogP contribution in [0.1, 0.15) is 30.9 Å². The van der Waals surface area contributed by atoms with Crippen LogP contribution >= 0.6 is 0 Å². The molecular formula is C16H23F2NO2. The summed E-state index contributed by atoms with van der Waals surface area (Å²) in [5.41, 5.74) is 0.447. The monoisotopic (exact) mass is 299 g/mol. The van der Waals surface area contributed by atoms with Gasteiger partial charge in [0.2, 0.25) is 0 Å². The number of piperidine rings is 1. The molecule has 0 aliphatic carbocycles. The Morgan fingerprint density at radius 1 is 1.33 bits per heavy atom. The molecule has 21 heavy (non-hydrogen) atoms. The van der Waals surface area contributed by atoms with Gasteiger partial charge in [-0.3, -0.25) is 0 Å². The number of benzene rings is 1. The van der Waals surface area contributed by atoms with Crippen LogP contribution in [0.5, 0.6) is 0 Å². The van der Waals surface area contributed by atoms with Crippen molar-refractivity contribution < 1.29 is 18.3 Å². The maximum absolute atomic E-state index is 14.1. The van der Waals surface area contributed by atoms with Crippen LogP contribution in [0.2, 0.25) is 0 Å². The zero-order valence-electron chi connectivity index (χ0n) is 12.4. The summed E-state index contributed by atoms with van der Waals surface area (Å²) in [4.78, 5) is 0. The van der Waals surface area contributed by atoms with Crippen molar-refractivity contribution in [3.05, 3.63) is 35.4 Å². The Morgan fingerprint density at radius 2 is 2.19 bits per heavy atom. The van der Waals surface area contributed by atoms with Gasteiger partial charge >= 0.3 is 0 Å². The Labute approximate surface area is 124 Å². The molecule has 2 rings (SSSR count). The molecule has 0 saturated carbocycles. The average Bonchev–Trinajstić information content (AvgIpc) is 2.49. The highest BCUT2D eigenvalue weighted by molar-refractivity contribution is 5.22. The molecule has 0 amide bonds. The first kappa shape index (κ1) is 16.3. The van der Waals surface area contributed by atoms with Crippen LogP contribution in [-0.4, -0.2) is 33.4 Å². The fourth-order valence-corrected chi connectivity index (χ4v) is 2.76. The van der Waals surface area contributed by atoms with Gasteiger partial charge in [-0.05, 0) is 31.9 Å². The topological polar surface area (TPSA) is 30.5 Å². The van der Waals surface area contributed by atoms with Gasteiger partial charge in [0.1, 0.15) is 11.6 Å². The van der Waals surface area contributed by atoms with E-state index >= 15 is 0 Å². The molecular weight excluding hydrogens is 276 g/mol. The lowest BCUT2D eigenvalue weighted by atomic mass is 9.89. The summed E-state index contributed by atoms with van der Waals surface area (Å²) in [5.74, 6) is -0.880. The van der Waals surface area contributed by atoms with Gasteiger partial charge < -0.3 is 14.8 Å². The Kier molecular flexibility index (Phi) is 6.54. The first-order valence-corrected chi connectivity index (χ1v) is 7.48. The zero-order valence-corrected chi connectivity index (χ0v) is 12.4. The van der Waals surface area contributed by atoms with Crippen LogP contribution in [0.25, 0.3) is 0 Å². The molecule has 1 N–H and O–H groups in total. The normalized spacial score (nSPS) is 20.4. The quantitative estimate of drug-likeness (QED) is 0.785. The number of halogens is 2. The molecule has 1 aliphatic heterocycles. The first-order chi connectivity index (χ1) is 10.2. The summed E-state index contributed by atoms with van der Waals surface area (Å²) < 4.78 is 38.1. The number of hydrogen-bond donors (Lipinski definition) is 1. The maximum atomic E-state index is 14.1. The summed E-state index contributed by atoms with van der Waals surface area (Å²) in [5, 5.41) is 3.32. The van der Waals surface area contributed by atoms with Crippen LogP contribution in [0, 0.1) is 17.6 Å². The van der Waals surface area contributed by atoms with Crippen molar-refractivity contribution in [1.29, 1.82) is 0 Å². The van der Waals surface area contributed by atoms with Crippen molar-refractivity contribution in [3.63, 3.8) is 0 Å². The molecule has 1 saturated heterocycles. The second-order valence-corrected chi connectivity index (χ2v) is 5.41. The van der Waals surface area contributed by atoms with Crippen LogP contribution in [0.4, 0.5) is 8.78 Å². The minimum atomic E-state index is -0.559. The SMILES string of the molecule is COCCCOC(c1ccc(F)cc1F)C1CCCNC1. The Balaban J connectivity index is 2.09. The fraction of sp³-hybridized carbons (Fsp3) is 0.625. The minimum Gasteiger partial charge on any atom is -0.385 e. The third-order valence-electron chi connectivity index (χ3n) is 3.82. The summed E-state index contributed by atoms with van der Waals surface area (Å²) in [6.07, 6.45) is 2.45. The number of hydrogen-bond acceptors (Lipinski definition) is 3. The second-order valence-electron chi connectivity index (χ2n) is 5.41. The van der Waals surface area contributed by atoms with Gasteiger partial charge in [-0.25, -0.2) is 8.78 Å². The highest BCUT2D eigenvalue weighted by Crippen LogP contribution is 2.32. The Morgan fingerprint density at radius 3 is 2.86 bits per heavy atom. The zero-order chi connectivity index (χ0) is 15.1. The third kappa shape index (κ3) is 4.73. The lowest BCUT2D eigenvalue weighted by Gasteiger charge is -2.31. The predicted octanol–water partition coefficient (Wildman–Crippen LogP) is 3.06. The molecule has 5 heteroatoms. The Hall–Kier alpha value is -1.04. The van der Waals surface area contributed by atoms with Gasteiger partial charge in [0.25, 0.3) is 0 Å². The number of ether oxygens (including phenoxy) is 2. The molecule has 1 aromatic rings. The van der Waals surface area contributed by atoms with Gasteiger partial charge in [-0.15, -0.1) is 0 Å². The van der Waals surface area contributed by atoms with Gasteiger partial charge in [0.15, 0.2) is 0 Å². The number of methoxy groups -OCH3 is 1. The van der Waals surface area contributed by atoms with Crippen molar-refractivity contribution in [2.24, 2.45) is 5.92 Å². The van der Waals surface area contributed by atoms with E-state index < -0.39 is 11.6 Å². The molecule has 2 unspecified atom stereocenters. The molecule has 0 bridgehead atoms. The van der Waals surface area contributed by atoms with Crippen molar-refractivity contribution in [1.82, 2.24) is 5.32 Å². The van der Waals surface area contributed by atoms with Crippen LogP contribution in [0.3, 0.4) is 0 Å². The van der Waals surface area contributed by atoms with Crippen LogP contribution in [-0.2, 0) is 9.47 Å². The Bertz CT molecular complexity index is 436. The van der Waals surface area contributed by atoms with E-state index in [0.29, 0.717) is 18.8 Å². The van der Waals surface area contributed by atoms with Crippen LogP contribution < -0.4 is 5.32 Å². The van der Waals surface area contributed by atoms with Gasteiger partial charge in [0.05, 0.1) is 6.10 Å². The third-order valence-corrected chi connectivity index (χ3v) is 3.82. The van der Waals surface area contributed by atoms with Crippen molar-refractivity contribution in [2.45, 2.75) is 25.4 Å². The number of nitrogens with one attached hydrogen (secondary N) is 1. The molecule has 0 radical (unpaired) electrons. The molecule has 1 aromatic carbocycles. The maximum Gasteiger partial charge on any atom is 0.131 e. The molecule has 0 spiro atoms. The molecule has 2 atom stereocenters. The van der Waals surface area contributed by atoms with E-state index in [9.17, 15) is 8.78 Å². The van der Waals surface area contributed by atoms with Crippen molar-refractivity contribution >= 4 is 0 Å². The van der Waals surface area contributed by atoms with Gasteiger partial charge in [-0.1, -0.05) is 6.07 Å². The van der Waals surface area contributed by atoms with E-state index in [4.69, 9.17) is 9.47 Å². The first-order valence-electron chi connectivity index (χ1n) is 7.48. The van der Waals surface area contributed by atoms with Gasteiger partial charge in [-0.2, -0.15) is 0 Å². The average molecular weight is 299 g/mol. The van der Waals surface area contributed by atoms with E-state index in [1.54, 1.807) is 7.11 Å². The minimum absolute atomic E-state index is 0.209. The van der Waals surface area contributed by atoms with Crippen molar-refractivity contribution in [2.75, 3.05) is 33.4 Å². The number of rotatable bonds is 7. The molecule has 0 aromatic heterocycles. The molecule has 118 valence electrons. The van der Waals surface area contributed by atoms with E-state index in [2.05, 4.69) is 5.32 Å². The predicted molar refractivity (Wildman–Crippen MR) is 77.1 cm³/mol. The summed E-state index contributed by atoms with van der Waals surface area (Å²) >= 11 is 0. The highest BCUT2D eigenvalue weighted by atomic mass is 19.1. The highest BCUT2D eigenvalue weighted by Gasteiger charge is 2.28. The van der Waals surface area contributed by atoms with Crippen molar-refractivity contribution in [3.8, 4) is 0 Å². The smallest absolute Gasteiger partial charge is 0.131 e. The van der Waals surface area contributed by atoms with Gasteiger partial charge in [0, 0.05) is 44.4 Å². The largest absolute Gasteiger partial charge is 0.385 e. The molecule has 1 fully saturated rings. The summed E-state index contributed by atoms with van der Waals surface area (Å²) in [6.45, 7) is 2.90. The lowest BCUT2D eigenvalue weighted by molar-refractivity contribution is -0.00702. The summed E-state index contributed by atoms with van der Waals surface area (Å²) in [7, 11) is 1.64. The molecule has 1 aliphatic rings. The lowest BCUT2D eigenvalue weighted by Crippen LogP contribution is -2.34. The summed E-state index contributed by atoms with van der Waals surface area (Å²) in [6, 6.07) is 3.72. The van der Waals surface area contributed by atoms with E-state index in [-0.39, 0.29) is 12.0 Å². The van der Waals surface area contributed by atoms with Crippen LogP contribution in [0.15, 0.2) is 18.2 Å². The van der Waals surface area contributed by atoms with E-state index in [1.165, 1.54) is 12.1 Å². The molecule has 3 nitrogen and oxygen atoms in total. The standard InChI is InChI=1S/C16H23F2NO2/c1-20-8-3-9-21-16(12-4-2-7-19-11-12)14-6-5-13(17)10-15(14)18/h5-6,10,12,16,19H,2-4,7-9,11H2,1H3. The van der Waals surface area contributed by atoms with E-state index in [1.807, 2.05) is 0 Å².